The number of nitrogens with one attached hydrogen (secondary N) is 1. The molecule has 0 saturated carbocycles. The molecule has 2 aromatic carbocycles. The third-order valence-electron chi connectivity index (χ3n) is 5.49. The van der Waals surface area contributed by atoms with Crippen LogP contribution in [0.25, 0.3) is 0 Å². The molecule has 1 aliphatic rings. The second-order valence-electron chi connectivity index (χ2n) is 7.26. The number of carbonyl (C=O) groups is 3. The second-order valence-corrected chi connectivity index (χ2v) is 7.26. The molecule has 1 aliphatic heterocycles. The Bertz CT molecular complexity index is 968. The number of carbonyl (C=O) groups excluding carboxylic acids is 3. The fourth-order valence-corrected chi connectivity index (χ4v) is 3.63. The summed E-state index contributed by atoms with van der Waals surface area (Å²) >= 11 is 0. The van der Waals surface area contributed by atoms with Crippen LogP contribution in [0.2, 0.25) is 0 Å². The largest absolute Gasteiger partial charge is 0.325 e. The van der Waals surface area contributed by atoms with E-state index in [1.807, 2.05) is 26.8 Å². The highest BCUT2D eigenvalue weighted by Gasteiger charge is 2.51. The lowest BCUT2D eigenvalue weighted by Gasteiger charge is -2.25. The molecule has 28 heavy (non-hydrogen) atoms. The van der Waals surface area contributed by atoms with Gasteiger partial charge < -0.3 is 5.32 Å². The van der Waals surface area contributed by atoms with Crippen LogP contribution in [-0.2, 0) is 10.3 Å². The van der Waals surface area contributed by atoms with Crippen LogP contribution in [0.3, 0.4) is 0 Å². The van der Waals surface area contributed by atoms with Crippen molar-refractivity contribution in [2.45, 2.75) is 39.7 Å². The average Bonchev–Trinajstić information content (AvgIpc) is 2.90. The van der Waals surface area contributed by atoms with Crippen molar-refractivity contribution in [3.63, 3.8) is 0 Å². The van der Waals surface area contributed by atoms with E-state index in [-0.39, 0.29) is 18.7 Å². The number of ketones is 1. The fourth-order valence-electron chi connectivity index (χ4n) is 3.63. The lowest BCUT2D eigenvalue weighted by molar-refractivity contribution is -0.131. The molecule has 0 bridgehead atoms. The summed E-state index contributed by atoms with van der Waals surface area (Å²) in [6, 6.07) is 8.55. The molecule has 3 rings (SSSR count). The van der Waals surface area contributed by atoms with Gasteiger partial charge >= 0.3 is 6.03 Å². The van der Waals surface area contributed by atoms with Crippen molar-refractivity contribution in [1.29, 1.82) is 0 Å². The maximum absolute atomic E-state index is 13.3. The molecule has 3 amide bonds. The zero-order valence-corrected chi connectivity index (χ0v) is 16.4. The van der Waals surface area contributed by atoms with E-state index in [0.717, 1.165) is 21.6 Å². The highest BCUT2D eigenvalue weighted by atomic mass is 19.1. The van der Waals surface area contributed by atoms with Crippen LogP contribution < -0.4 is 5.32 Å². The molecular weight excluding hydrogens is 359 g/mol. The maximum atomic E-state index is 13.3. The summed E-state index contributed by atoms with van der Waals surface area (Å²) in [4.78, 5) is 39.4. The maximum Gasteiger partial charge on any atom is 0.325 e. The quantitative estimate of drug-likeness (QED) is 0.632. The van der Waals surface area contributed by atoms with Gasteiger partial charge in [-0.1, -0.05) is 25.1 Å². The minimum absolute atomic E-state index is 0.288. The zero-order chi connectivity index (χ0) is 20.6. The van der Waals surface area contributed by atoms with Gasteiger partial charge in [-0.2, -0.15) is 0 Å². The molecule has 2 aromatic rings. The number of urea groups is 1. The van der Waals surface area contributed by atoms with Crippen LogP contribution in [0.1, 0.15) is 46.0 Å². The Balaban J connectivity index is 1.90. The van der Waals surface area contributed by atoms with Crippen molar-refractivity contribution >= 4 is 17.7 Å². The van der Waals surface area contributed by atoms with E-state index in [2.05, 4.69) is 5.32 Å². The van der Waals surface area contributed by atoms with Gasteiger partial charge in [0.25, 0.3) is 5.91 Å². The first-order valence-electron chi connectivity index (χ1n) is 9.21. The van der Waals surface area contributed by atoms with Gasteiger partial charge in [0.05, 0.1) is 6.54 Å². The van der Waals surface area contributed by atoms with Gasteiger partial charge in [0.15, 0.2) is 5.78 Å². The third kappa shape index (κ3) is 3.19. The van der Waals surface area contributed by atoms with Crippen molar-refractivity contribution < 1.29 is 18.8 Å². The summed E-state index contributed by atoms with van der Waals surface area (Å²) in [5, 5.41) is 2.71. The zero-order valence-electron chi connectivity index (χ0n) is 16.4. The second kappa shape index (κ2) is 7.19. The van der Waals surface area contributed by atoms with Crippen molar-refractivity contribution in [3.05, 3.63) is 70.0 Å². The molecule has 1 saturated heterocycles. The number of benzene rings is 2. The molecule has 5 nitrogen and oxygen atoms in total. The minimum Gasteiger partial charge on any atom is -0.319 e. The molecule has 146 valence electrons. The van der Waals surface area contributed by atoms with Crippen molar-refractivity contribution in [3.8, 4) is 0 Å². The number of amides is 3. The van der Waals surface area contributed by atoms with Crippen molar-refractivity contribution in [1.82, 2.24) is 10.2 Å². The topological polar surface area (TPSA) is 66.5 Å². The first kappa shape index (κ1) is 19.7. The van der Waals surface area contributed by atoms with Gasteiger partial charge in [0.1, 0.15) is 11.4 Å². The predicted octanol–water partition coefficient (Wildman–Crippen LogP) is 3.79. The molecule has 0 spiro atoms. The SMILES string of the molecule is CC[C@@]1(c2ccc(F)cc2)NC(=O)N(CC(=O)c2cc(C)c(C)cc2C)C1=O. The number of imide groups is 1. The lowest BCUT2D eigenvalue weighted by Crippen LogP contribution is -2.43. The Hall–Kier alpha value is -3.02. The number of hydrogen-bond donors (Lipinski definition) is 1. The Labute approximate surface area is 163 Å². The molecule has 0 unspecified atom stereocenters. The molecular formula is C22H23FN2O3. The number of nitrogens with zero attached hydrogens (tertiary/aromatic N) is 1. The molecule has 0 aliphatic carbocycles. The van der Waals surface area contributed by atoms with Gasteiger partial charge in [-0.05, 0) is 67.6 Å². The normalized spacial score (nSPS) is 19.1. The predicted molar refractivity (Wildman–Crippen MR) is 104 cm³/mol. The van der Waals surface area contributed by atoms with Gasteiger partial charge in [0, 0.05) is 5.56 Å². The standard InChI is InChI=1S/C22H23FN2O3/c1-5-22(16-6-8-17(23)9-7-16)20(27)25(21(28)24-22)12-19(26)18-11-14(3)13(2)10-15(18)4/h6-11H,5,12H2,1-4H3,(H,24,28)/t22-/m0/s1. The average molecular weight is 382 g/mol. The van der Waals surface area contributed by atoms with Crippen LogP contribution in [-0.4, -0.2) is 29.2 Å². The third-order valence-corrected chi connectivity index (χ3v) is 5.49. The smallest absolute Gasteiger partial charge is 0.319 e. The van der Waals surface area contributed by atoms with E-state index in [4.69, 9.17) is 0 Å². The van der Waals surface area contributed by atoms with Gasteiger partial charge in [-0.3, -0.25) is 14.5 Å². The van der Waals surface area contributed by atoms with Crippen molar-refractivity contribution in [2.24, 2.45) is 0 Å². The number of rotatable bonds is 5. The van der Waals surface area contributed by atoms with E-state index in [1.165, 1.54) is 24.3 Å². The van der Waals surface area contributed by atoms with Crippen LogP contribution in [0.5, 0.6) is 0 Å². The molecule has 1 fully saturated rings. The molecule has 0 aromatic heterocycles. The van der Waals surface area contributed by atoms with E-state index < -0.39 is 23.3 Å². The van der Waals surface area contributed by atoms with E-state index in [1.54, 1.807) is 13.0 Å². The van der Waals surface area contributed by atoms with Crippen molar-refractivity contribution in [2.75, 3.05) is 6.54 Å². The Morgan fingerprint density at radius 2 is 1.64 bits per heavy atom. The summed E-state index contributed by atoms with van der Waals surface area (Å²) in [6.07, 6.45) is 0.288. The summed E-state index contributed by atoms with van der Waals surface area (Å²) in [7, 11) is 0. The highest BCUT2D eigenvalue weighted by molar-refractivity contribution is 6.11. The Kier molecular flexibility index (Phi) is 5.06. The Morgan fingerprint density at radius 1 is 1.04 bits per heavy atom. The van der Waals surface area contributed by atoms with E-state index in [9.17, 15) is 18.8 Å². The lowest BCUT2D eigenvalue weighted by atomic mass is 9.87. The van der Waals surface area contributed by atoms with Crippen LogP contribution in [0.4, 0.5) is 9.18 Å². The van der Waals surface area contributed by atoms with Gasteiger partial charge in [-0.25, -0.2) is 9.18 Å². The first-order chi connectivity index (χ1) is 13.2. The molecule has 0 radical (unpaired) electrons. The summed E-state index contributed by atoms with van der Waals surface area (Å²) in [6.45, 7) is 7.14. The van der Waals surface area contributed by atoms with Gasteiger partial charge in [0.2, 0.25) is 0 Å². The summed E-state index contributed by atoms with van der Waals surface area (Å²) in [5.41, 5.74) is 2.56. The fraction of sp³-hybridized carbons (Fsp3) is 0.318. The number of Topliss-reactive ketones (excluding diaryl/α,β-unsaturated/α-hetero) is 1. The number of hydrogen-bond acceptors (Lipinski definition) is 3. The van der Waals surface area contributed by atoms with Crippen LogP contribution in [0, 0.1) is 26.6 Å². The van der Waals surface area contributed by atoms with Crippen LogP contribution >= 0.6 is 0 Å². The molecule has 6 heteroatoms. The molecule has 1 atom stereocenters. The molecule has 1 heterocycles. The minimum atomic E-state index is -1.29. The van der Waals surface area contributed by atoms with E-state index >= 15 is 0 Å². The first-order valence-corrected chi connectivity index (χ1v) is 9.21. The van der Waals surface area contributed by atoms with Crippen LogP contribution in [0.15, 0.2) is 36.4 Å². The monoisotopic (exact) mass is 382 g/mol. The highest BCUT2D eigenvalue weighted by Crippen LogP contribution is 2.32. The number of halogens is 1. The summed E-state index contributed by atoms with van der Waals surface area (Å²) < 4.78 is 13.3. The van der Waals surface area contributed by atoms with Gasteiger partial charge in [-0.15, -0.1) is 0 Å². The molecule has 1 N–H and O–H groups in total. The van der Waals surface area contributed by atoms with E-state index in [0.29, 0.717) is 11.1 Å². The number of aryl methyl sites for hydroxylation is 3. The Morgan fingerprint density at radius 3 is 2.25 bits per heavy atom. The summed E-state index contributed by atoms with van der Waals surface area (Å²) in [5.74, 6) is -1.22.